The fourth-order valence-corrected chi connectivity index (χ4v) is 4.69. The summed E-state index contributed by atoms with van der Waals surface area (Å²) in [7, 11) is 0. The number of aromatic nitrogens is 1. The minimum atomic E-state index is -2.08. The average molecular weight is 405 g/mol. The minimum absolute atomic E-state index is 0.229. The molecule has 2 aromatic rings. The summed E-state index contributed by atoms with van der Waals surface area (Å²) in [6.07, 6.45) is 5.57. The number of fused-ring (bicyclic) bond motifs is 4. The van der Waals surface area contributed by atoms with Gasteiger partial charge in [-0.15, -0.1) is 0 Å². The smallest absolute Gasteiger partial charge is 0.270 e. The van der Waals surface area contributed by atoms with Crippen molar-refractivity contribution >= 4 is 11.7 Å². The van der Waals surface area contributed by atoms with Crippen molar-refractivity contribution in [1.29, 1.82) is 0 Å². The van der Waals surface area contributed by atoms with Gasteiger partial charge in [0.2, 0.25) is 5.54 Å². The Hall–Kier alpha value is -3.16. The van der Waals surface area contributed by atoms with Gasteiger partial charge >= 0.3 is 0 Å². The lowest BCUT2D eigenvalue weighted by Crippen LogP contribution is -2.63. The van der Waals surface area contributed by atoms with Crippen molar-refractivity contribution in [3.63, 3.8) is 0 Å². The van der Waals surface area contributed by atoms with Crippen LogP contribution in [0, 0.1) is 0 Å². The molecule has 3 atom stereocenters. The summed E-state index contributed by atoms with van der Waals surface area (Å²) in [6, 6.07) is 8.17. The van der Waals surface area contributed by atoms with Gasteiger partial charge in [-0.2, -0.15) is 0 Å². The van der Waals surface area contributed by atoms with Crippen molar-refractivity contribution < 1.29 is 19.4 Å². The van der Waals surface area contributed by atoms with Crippen molar-refractivity contribution in [1.82, 2.24) is 10.3 Å². The van der Waals surface area contributed by atoms with Crippen LogP contribution in [0.25, 0.3) is 0 Å². The molecule has 0 saturated heterocycles. The molecular formula is C23H23N3O4. The predicted molar refractivity (Wildman–Crippen MR) is 110 cm³/mol. The number of benzene rings is 1. The Bertz CT molecular complexity index is 1130. The maximum absolute atomic E-state index is 13.8. The van der Waals surface area contributed by atoms with Crippen LogP contribution in [0.3, 0.4) is 0 Å². The molecule has 5 N–H and O–H groups in total. The molecule has 7 nitrogen and oxygen atoms in total. The third-order valence-corrected chi connectivity index (χ3v) is 6.27. The molecule has 1 aromatic heterocycles. The lowest BCUT2D eigenvalue weighted by molar-refractivity contribution is -0.154. The molecule has 1 aliphatic heterocycles. The number of ether oxygens (including phenoxy) is 1. The Morgan fingerprint density at radius 2 is 2.17 bits per heavy atom. The van der Waals surface area contributed by atoms with E-state index >= 15 is 0 Å². The van der Waals surface area contributed by atoms with Gasteiger partial charge < -0.3 is 25.9 Å². The van der Waals surface area contributed by atoms with E-state index in [1.807, 2.05) is 32.1 Å². The number of hydrogen-bond acceptors (Lipinski definition) is 5. The van der Waals surface area contributed by atoms with Crippen molar-refractivity contribution in [2.45, 2.75) is 43.6 Å². The number of nitrogens with two attached hydrogens (primary N) is 1. The number of ketones is 1. The highest BCUT2D eigenvalue weighted by Crippen LogP contribution is 2.57. The normalized spacial score (nSPS) is 29.0. The van der Waals surface area contributed by atoms with Gasteiger partial charge in [-0.05, 0) is 36.1 Å². The van der Waals surface area contributed by atoms with Gasteiger partial charge in [0.1, 0.15) is 11.4 Å². The SMILES string of the molecule is CC(C)c1ccc2c(c1)OC1(O)C3=C(C(=O)C21NC(=O)c1ccc[nH]1)C(N)CC=C3. The average Bonchev–Trinajstić information content (AvgIpc) is 3.37. The summed E-state index contributed by atoms with van der Waals surface area (Å²) in [4.78, 5) is 29.7. The van der Waals surface area contributed by atoms with Crippen molar-refractivity contribution in [3.8, 4) is 5.75 Å². The summed E-state index contributed by atoms with van der Waals surface area (Å²) in [5.41, 5.74) is 6.72. The van der Waals surface area contributed by atoms with Crippen molar-refractivity contribution in [3.05, 3.63) is 76.6 Å². The topological polar surface area (TPSA) is 117 Å². The third-order valence-electron chi connectivity index (χ3n) is 6.27. The molecule has 2 aliphatic carbocycles. The van der Waals surface area contributed by atoms with Crippen LogP contribution >= 0.6 is 0 Å². The number of carbonyl (C=O) groups excluding carboxylic acids is 2. The van der Waals surface area contributed by atoms with Crippen molar-refractivity contribution in [2.24, 2.45) is 5.73 Å². The van der Waals surface area contributed by atoms with Crippen LogP contribution in [-0.2, 0) is 10.3 Å². The summed E-state index contributed by atoms with van der Waals surface area (Å²) in [5, 5.41) is 14.6. The van der Waals surface area contributed by atoms with E-state index < -0.39 is 29.1 Å². The fraction of sp³-hybridized carbons (Fsp3) is 0.304. The number of carbonyl (C=O) groups is 2. The molecule has 0 fully saturated rings. The molecule has 0 saturated carbocycles. The first-order valence-electron chi connectivity index (χ1n) is 10.0. The van der Waals surface area contributed by atoms with Gasteiger partial charge in [0, 0.05) is 28.9 Å². The summed E-state index contributed by atoms with van der Waals surface area (Å²) in [6.45, 7) is 4.09. The number of aromatic amines is 1. The quantitative estimate of drug-likeness (QED) is 0.623. The second kappa shape index (κ2) is 6.17. The molecule has 2 heterocycles. The second-order valence-corrected chi connectivity index (χ2v) is 8.35. The van der Waals surface area contributed by atoms with Crippen molar-refractivity contribution in [2.75, 3.05) is 0 Å². The molecule has 0 radical (unpaired) electrons. The molecule has 5 rings (SSSR count). The Labute approximate surface area is 173 Å². The van der Waals surface area contributed by atoms with Crippen LogP contribution in [0.1, 0.15) is 47.8 Å². The predicted octanol–water partition coefficient (Wildman–Crippen LogP) is 2.01. The molecule has 3 aliphatic rings. The number of nitrogens with one attached hydrogen (secondary N) is 2. The van der Waals surface area contributed by atoms with Gasteiger partial charge in [0.25, 0.3) is 11.7 Å². The van der Waals surface area contributed by atoms with Gasteiger partial charge in [-0.3, -0.25) is 9.59 Å². The van der Waals surface area contributed by atoms with Crippen LogP contribution < -0.4 is 15.8 Å². The van der Waals surface area contributed by atoms with Crippen LogP contribution in [0.2, 0.25) is 0 Å². The molecule has 0 bridgehead atoms. The molecule has 1 aromatic carbocycles. The van der Waals surface area contributed by atoms with E-state index in [2.05, 4.69) is 10.3 Å². The van der Waals surface area contributed by atoms with E-state index in [1.54, 1.807) is 30.5 Å². The molecule has 7 heteroatoms. The van der Waals surface area contributed by atoms with Crippen LogP contribution in [0.5, 0.6) is 5.75 Å². The minimum Gasteiger partial charge on any atom is -0.454 e. The third kappa shape index (κ3) is 2.21. The molecule has 30 heavy (non-hydrogen) atoms. The standard InChI is InChI=1S/C23H23N3O4/c1-12(2)13-8-9-14-18(11-13)30-23(29)15-5-3-6-16(24)19(15)20(27)22(14,23)26-21(28)17-7-4-10-25-17/h3-5,7-12,16,25,29H,6,24H2,1-2H3,(H,26,28). The van der Waals surface area contributed by atoms with E-state index in [0.717, 1.165) is 5.56 Å². The zero-order valence-electron chi connectivity index (χ0n) is 16.7. The number of amides is 1. The largest absolute Gasteiger partial charge is 0.454 e. The fourth-order valence-electron chi connectivity index (χ4n) is 4.69. The van der Waals surface area contributed by atoms with Gasteiger partial charge in [0.05, 0.1) is 0 Å². The highest BCUT2D eigenvalue weighted by atomic mass is 16.6. The number of rotatable bonds is 3. The number of Topliss-reactive ketones (excluding diaryl/α,β-unsaturated/α-hetero) is 1. The van der Waals surface area contributed by atoms with Crippen LogP contribution in [-0.4, -0.2) is 33.6 Å². The van der Waals surface area contributed by atoms with Gasteiger partial charge in [0.15, 0.2) is 5.78 Å². The first-order valence-corrected chi connectivity index (χ1v) is 10.0. The Morgan fingerprint density at radius 3 is 2.87 bits per heavy atom. The first-order chi connectivity index (χ1) is 14.3. The zero-order valence-corrected chi connectivity index (χ0v) is 16.7. The van der Waals surface area contributed by atoms with E-state index in [-0.39, 0.29) is 11.6 Å². The van der Waals surface area contributed by atoms with E-state index in [9.17, 15) is 14.7 Å². The Balaban J connectivity index is 1.72. The summed E-state index contributed by atoms with van der Waals surface area (Å²) in [5.74, 6) is -2.43. The zero-order chi connectivity index (χ0) is 21.3. The highest BCUT2D eigenvalue weighted by Gasteiger charge is 2.72. The lowest BCUT2D eigenvalue weighted by atomic mass is 9.81. The maximum atomic E-state index is 13.8. The molecule has 3 unspecified atom stereocenters. The van der Waals surface area contributed by atoms with E-state index in [1.165, 1.54) is 0 Å². The molecular weight excluding hydrogens is 382 g/mol. The van der Waals surface area contributed by atoms with Crippen LogP contribution in [0.15, 0.2) is 59.8 Å². The monoisotopic (exact) mass is 405 g/mol. The molecule has 1 amide bonds. The van der Waals surface area contributed by atoms with Gasteiger partial charge in [-0.1, -0.05) is 38.1 Å². The number of H-pyrrole nitrogens is 1. The van der Waals surface area contributed by atoms with E-state index in [0.29, 0.717) is 28.9 Å². The van der Waals surface area contributed by atoms with E-state index in [4.69, 9.17) is 10.5 Å². The molecule has 154 valence electrons. The summed E-state index contributed by atoms with van der Waals surface area (Å²) >= 11 is 0. The molecule has 0 spiro atoms. The first kappa shape index (κ1) is 18.8. The second-order valence-electron chi connectivity index (χ2n) is 8.35. The summed E-state index contributed by atoms with van der Waals surface area (Å²) < 4.78 is 6.06. The number of aliphatic hydroxyl groups is 1. The Morgan fingerprint density at radius 1 is 1.37 bits per heavy atom. The Kier molecular flexibility index (Phi) is 3.87. The van der Waals surface area contributed by atoms with Crippen LogP contribution in [0.4, 0.5) is 0 Å². The highest BCUT2D eigenvalue weighted by molar-refractivity contribution is 6.13. The maximum Gasteiger partial charge on any atom is 0.270 e. The number of hydrogen-bond donors (Lipinski definition) is 4. The van der Waals surface area contributed by atoms with Gasteiger partial charge in [-0.25, -0.2) is 0 Å². The lowest BCUT2D eigenvalue weighted by Gasteiger charge is -2.35.